The molecule has 0 N–H and O–H groups in total. The summed E-state index contributed by atoms with van der Waals surface area (Å²) >= 11 is 1.82. The van der Waals surface area contributed by atoms with Crippen LogP contribution in [0.15, 0.2) is 67.0 Å². The number of hydrogen-bond donors (Lipinski definition) is 0. The highest BCUT2D eigenvalue weighted by Crippen LogP contribution is 2.40. The Balaban J connectivity index is 1.93. The van der Waals surface area contributed by atoms with Crippen LogP contribution in [0, 0.1) is 6.92 Å². The first kappa shape index (κ1) is 13.6. The van der Waals surface area contributed by atoms with E-state index in [4.69, 9.17) is 4.98 Å². The molecule has 5 rings (SSSR count). The van der Waals surface area contributed by atoms with E-state index in [2.05, 4.69) is 66.5 Å². The Hall–Kier alpha value is -2.78. The van der Waals surface area contributed by atoms with Crippen molar-refractivity contribution in [3.05, 3.63) is 72.6 Å². The molecule has 0 atom stereocenters. The maximum atomic E-state index is 4.70. The molecule has 3 aromatic heterocycles. The molecule has 0 saturated heterocycles. The van der Waals surface area contributed by atoms with Crippen LogP contribution in [0.3, 0.4) is 0 Å². The van der Waals surface area contributed by atoms with E-state index in [0.29, 0.717) is 0 Å². The SMILES string of the molecule is Cc1cccc2c1sc1c(-c3nccc4ccccc34)ccnc12. The van der Waals surface area contributed by atoms with Crippen LogP contribution in [0.4, 0.5) is 0 Å². The summed E-state index contributed by atoms with van der Waals surface area (Å²) in [6.07, 6.45) is 3.79. The molecular weight excluding hydrogens is 312 g/mol. The fraction of sp³-hybridized carbons (Fsp3) is 0.0476. The van der Waals surface area contributed by atoms with Crippen LogP contribution in [0.25, 0.3) is 42.3 Å². The Morgan fingerprint density at radius 1 is 0.750 bits per heavy atom. The minimum atomic E-state index is 1.03. The first-order valence-electron chi connectivity index (χ1n) is 7.94. The van der Waals surface area contributed by atoms with Gasteiger partial charge in [-0.25, -0.2) is 0 Å². The molecule has 0 unspecified atom stereocenters. The number of rotatable bonds is 1. The van der Waals surface area contributed by atoms with Gasteiger partial charge in [0, 0.05) is 33.4 Å². The molecule has 0 aliphatic carbocycles. The third kappa shape index (κ3) is 1.88. The number of thiophene rings is 1. The molecule has 2 nitrogen and oxygen atoms in total. The smallest absolute Gasteiger partial charge is 0.0895 e. The predicted molar refractivity (Wildman–Crippen MR) is 103 cm³/mol. The number of aromatic nitrogens is 2. The molecule has 0 aliphatic rings. The number of aryl methyl sites for hydroxylation is 1. The maximum absolute atomic E-state index is 4.70. The quantitative estimate of drug-likeness (QED) is 0.379. The van der Waals surface area contributed by atoms with Crippen LogP contribution in [0.5, 0.6) is 0 Å². The molecule has 0 spiro atoms. The van der Waals surface area contributed by atoms with Crippen LogP contribution in [0.1, 0.15) is 5.56 Å². The van der Waals surface area contributed by atoms with Crippen molar-refractivity contribution >= 4 is 42.4 Å². The molecule has 0 aliphatic heterocycles. The summed E-state index contributed by atoms with van der Waals surface area (Å²) in [7, 11) is 0. The third-order valence-corrected chi connectivity index (χ3v) is 5.87. The normalized spacial score (nSPS) is 11.5. The topological polar surface area (TPSA) is 25.8 Å². The largest absolute Gasteiger partial charge is 0.256 e. The second-order valence-electron chi connectivity index (χ2n) is 5.97. The van der Waals surface area contributed by atoms with Crippen LogP contribution in [-0.4, -0.2) is 9.97 Å². The summed E-state index contributed by atoms with van der Waals surface area (Å²) in [5, 5.41) is 3.63. The zero-order valence-corrected chi connectivity index (χ0v) is 14.0. The molecule has 3 heterocycles. The molecule has 0 amide bonds. The second kappa shape index (κ2) is 5.11. The average molecular weight is 326 g/mol. The Bertz CT molecular complexity index is 1220. The monoisotopic (exact) mass is 326 g/mol. The van der Waals surface area contributed by atoms with Crippen molar-refractivity contribution in [3.63, 3.8) is 0 Å². The van der Waals surface area contributed by atoms with E-state index in [1.807, 2.05) is 23.7 Å². The van der Waals surface area contributed by atoms with E-state index in [0.717, 1.165) is 16.8 Å². The molecule has 114 valence electrons. The molecule has 3 heteroatoms. The lowest BCUT2D eigenvalue weighted by atomic mass is 10.0. The summed E-state index contributed by atoms with van der Waals surface area (Å²) in [5.41, 5.74) is 4.57. The molecule has 0 radical (unpaired) electrons. The number of hydrogen-bond acceptors (Lipinski definition) is 3. The summed E-state index contributed by atoms with van der Waals surface area (Å²) in [5.74, 6) is 0. The molecular formula is C21H14N2S. The standard InChI is InChI=1S/C21H14N2S/c1-13-5-4-8-16-19-21(24-20(13)16)17(10-12-23-19)18-15-7-3-2-6-14(15)9-11-22-18/h2-12H,1H3. The summed E-state index contributed by atoms with van der Waals surface area (Å²) in [4.78, 5) is 9.36. The van der Waals surface area contributed by atoms with Gasteiger partial charge in [0.2, 0.25) is 0 Å². The van der Waals surface area contributed by atoms with Gasteiger partial charge < -0.3 is 0 Å². The zero-order valence-electron chi connectivity index (χ0n) is 13.2. The number of pyridine rings is 2. The molecule has 0 saturated carbocycles. The van der Waals surface area contributed by atoms with Crippen molar-refractivity contribution in [3.8, 4) is 11.3 Å². The average Bonchev–Trinajstić information content (AvgIpc) is 3.02. The summed E-state index contributed by atoms with van der Waals surface area (Å²) in [6, 6.07) is 19.0. The van der Waals surface area contributed by atoms with Crippen molar-refractivity contribution < 1.29 is 0 Å². The molecule has 2 aromatic carbocycles. The van der Waals surface area contributed by atoms with E-state index in [9.17, 15) is 0 Å². The second-order valence-corrected chi connectivity index (χ2v) is 6.99. The van der Waals surface area contributed by atoms with Crippen LogP contribution >= 0.6 is 11.3 Å². The lowest BCUT2D eigenvalue weighted by Crippen LogP contribution is -1.87. The Morgan fingerprint density at radius 2 is 1.58 bits per heavy atom. The summed E-state index contributed by atoms with van der Waals surface area (Å²) in [6.45, 7) is 2.16. The number of fused-ring (bicyclic) bond motifs is 4. The van der Waals surface area contributed by atoms with Crippen molar-refractivity contribution in [1.29, 1.82) is 0 Å². The van der Waals surface area contributed by atoms with Crippen molar-refractivity contribution in [2.75, 3.05) is 0 Å². The molecule has 0 bridgehead atoms. The Morgan fingerprint density at radius 3 is 2.54 bits per heavy atom. The highest BCUT2D eigenvalue weighted by molar-refractivity contribution is 7.26. The zero-order chi connectivity index (χ0) is 16.1. The summed E-state index contributed by atoms with van der Waals surface area (Å²) < 4.78 is 2.53. The van der Waals surface area contributed by atoms with Crippen molar-refractivity contribution in [2.45, 2.75) is 6.92 Å². The predicted octanol–water partition coefficient (Wildman–Crippen LogP) is 5.97. The molecule has 24 heavy (non-hydrogen) atoms. The van der Waals surface area contributed by atoms with Crippen LogP contribution < -0.4 is 0 Å². The van der Waals surface area contributed by atoms with E-state index in [1.54, 1.807) is 0 Å². The fourth-order valence-corrected chi connectivity index (χ4v) is 4.58. The van der Waals surface area contributed by atoms with Gasteiger partial charge in [-0.3, -0.25) is 9.97 Å². The third-order valence-electron chi connectivity index (χ3n) is 4.50. The van der Waals surface area contributed by atoms with Gasteiger partial charge in [0.05, 0.1) is 15.9 Å². The fourth-order valence-electron chi connectivity index (χ4n) is 3.34. The van der Waals surface area contributed by atoms with Crippen molar-refractivity contribution in [1.82, 2.24) is 9.97 Å². The number of benzene rings is 2. The van der Waals surface area contributed by atoms with E-state index >= 15 is 0 Å². The lowest BCUT2D eigenvalue weighted by Gasteiger charge is -2.06. The highest BCUT2D eigenvalue weighted by Gasteiger charge is 2.14. The number of nitrogens with zero attached hydrogens (tertiary/aromatic N) is 2. The highest BCUT2D eigenvalue weighted by atomic mass is 32.1. The minimum absolute atomic E-state index is 1.03. The first-order valence-corrected chi connectivity index (χ1v) is 8.75. The van der Waals surface area contributed by atoms with Gasteiger partial charge in [0.25, 0.3) is 0 Å². The maximum Gasteiger partial charge on any atom is 0.0895 e. The van der Waals surface area contributed by atoms with Gasteiger partial charge in [0.15, 0.2) is 0 Å². The van der Waals surface area contributed by atoms with Crippen LogP contribution in [0.2, 0.25) is 0 Å². The van der Waals surface area contributed by atoms with Crippen LogP contribution in [-0.2, 0) is 0 Å². The van der Waals surface area contributed by atoms with Gasteiger partial charge in [-0.05, 0) is 30.0 Å². The minimum Gasteiger partial charge on any atom is -0.256 e. The van der Waals surface area contributed by atoms with Crippen molar-refractivity contribution in [2.24, 2.45) is 0 Å². The Labute approximate surface area is 143 Å². The van der Waals surface area contributed by atoms with Gasteiger partial charge in [-0.15, -0.1) is 11.3 Å². The van der Waals surface area contributed by atoms with Gasteiger partial charge in [-0.1, -0.05) is 42.5 Å². The lowest BCUT2D eigenvalue weighted by molar-refractivity contribution is 1.35. The molecule has 5 aromatic rings. The van der Waals surface area contributed by atoms with Gasteiger partial charge in [0.1, 0.15) is 0 Å². The van der Waals surface area contributed by atoms with Gasteiger partial charge in [-0.2, -0.15) is 0 Å². The first-order chi connectivity index (χ1) is 11.8. The van der Waals surface area contributed by atoms with E-state index in [-0.39, 0.29) is 0 Å². The van der Waals surface area contributed by atoms with E-state index in [1.165, 1.54) is 31.1 Å². The molecule has 0 fully saturated rings. The van der Waals surface area contributed by atoms with E-state index < -0.39 is 0 Å². The van der Waals surface area contributed by atoms with Gasteiger partial charge >= 0.3 is 0 Å². The Kier molecular flexibility index (Phi) is 2.91.